The number of quaternary nitrogens is 1. The second-order valence-electron chi connectivity index (χ2n) is 6.35. The average Bonchev–Trinajstić information content (AvgIpc) is 3.02. The molecule has 1 heterocycles. The lowest BCUT2D eigenvalue weighted by Crippen LogP contribution is -2.50. The van der Waals surface area contributed by atoms with E-state index in [0.29, 0.717) is 0 Å². The van der Waals surface area contributed by atoms with Crippen molar-refractivity contribution in [2.75, 3.05) is 27.2 Å². The zero-order valence-corrected chi connectivity index (χ0v) is 12.4. The number of rotatable bonds is 10. The van der Waals surface area contributed by atoms with Crippen molar-refractivity contribution in [3.63, 3.8) is 0 Å². The summed E-state index contributed by atoms with van der Waals surface area (Å²) in [5, 5.41) is 0. The summed E-state index contributed by atoms with van der Waals surface area (Å²) in [6, 6.07) is 0. The minimum absolute atomic E-state index is 0.126. The van der Waals surface area contributed by atoms with E-state index in [4.69, 9.17) is 4.74 Å². The van der Waals surface area contributed by atoms with E-state index < -0.39 is 0 Å². The molecule has 0 radical (unpaired) electrons. The molecular weight excluding hydrogens is 210 g/mol. The third-order valence-corrected chi connectivity index (χ3v) is 4.41. The van der Waals surface area contributed by atoms with Gasteiger partial charge in [-0.05, 0) is 12.8 Å². The van der Waals surface area contributed by atoms with Crippen molar-refractivity contribution >= 4 is 0 Å². The number of ether oxygens (including phenoxy) is 1. The van der Waals surface area contributed by atoms with Crippen LogP contribution in [0.3, 0.4) is 0 Å². The Morgan fingerprint density at radius 2 is 1.41 bits per heavy atom. The van der Waals surface area contributed by atoms with Gasteiger partial charge in [-0.15, -0.1) is 0 Å². The highest BCUT2D eigenvalue weighted by Gasteiger charge is 2.53. The zero-order valence-electron chi connectivity index (χ0n) is 12.4. The Balaban J connectivity index is 1.93. The standard InChI is InChI=1S/C15H32NO/c1-5-6-7-8-9-10-11-12-13-16(3,4)15(2)14-17-15/h5-14H2,1-4H3/q+1. The molecule has 0 bridgehead atoms. The fourth-order valence-electron chi connectivity index (χ4n) is 2.33. The second-order valence-corrected chi connectivity index (χ2v) is 6.35. The zero-order chi connectivity index (χ0) is 12.8. The molecule has 1 saturated heterocycles. The van der Waals surface area contributed by atoms with Crippen molar-refractivity contribution in [2.24, 2.45) is 0 Å². The maximum Gasteiger partial charge on any atom is 0.224 e. The molecule has 0 spiro atoms. The molecule has 0 aliphatic carbocycles. The normalized spacial score (nSPS) is 24.0. The van der Waals surface area contributed by atoms with E-state index in [1.165, 1.54) is 57.9 Å². The van der Waals surface area contributed by atoms with E-state index >= 15 is 0 Å². The van der Waals surface area contributed by atoms with Gasteiger partial charge in [0.2, 0.25) is 5.72 Å². The van der Waals surface area contributed by atoms with Crippen LogP contribution in [0.2, 0.25) is 0 Å². The number of epoxide rings is 1. The van der Waals surface area contributed by atoms with Gasteiger partial charge in [-0.2, -0.15) is 0 Å². The van der Waals surface area contributed by atoms with Crippen molar-refractivity contribution in [3.8, 4) is 0 Å². The van der Waals surface area contributed by atoms with Gasteiger partial charge in [-0.3, -0.25) is 4.48 Å². The smallest absolute Gasteiger partial charge is 0.224 e. The molecule has 102 valence electrons. The fourth-order valence-corrected chi connectivity index (χ4v) is 2.33. The Labute approximate surface area is 108 Å². The Morgan fingerprint density at radius 3 is 1.88 bits per heavy atom. The van der Waals surface area contributed by atoms with Crippen molar-refractivity contribution < 1.29 is 9.22 Å². The van der Waals surface area contributed by atoms with Crippen molar-refractivity contribution in [3.05, 3.63) is 0 Å². The Kier molecular flexibility index (Phi) is 5.94. The summed E-state index contributed by atoms with van der Waals surface area (Å²) in [7, 11) is 4.60. The van der Waals surface area contributed by atoms with Crippen molar-refractivity contribution in [2.45, 2.75) is 70.9 Å². The van der Waals surface area contributed by atoms with Gasteiger partial charge in [0.15, 0.2) is 0 Å². The fraction of sp³-hybridized carbons (Fsp3) is 1.00. The van der Waals surface area contributed by atoms with Crippen molar-refractivity contribution in [1.82, 2.24) is 0 Å². The first-order chi connectivity index (χ1) is 8.02. The molecule has 1 atom stereocenters. The van der Waals surface area contributed by atoms with Gasteiger partial charge in [-0.25, -0.2) is 0 Å². The van der Waals surface area contributed by atoms with Crippen LogP contribution in [-0.2, 0) is 4.74 Å². The summed E-state index contributed by atoms with van der Waals surface area (Å²) >= 11 is 0. The molecule has 0 aromatic rings. The first-order valence-corrected chi connectivity index (χ1v) is 7.49. The summed E-state index contributed by atoms with van der Waals surface area (Å²) in [6.45, 7) is 6.71. The molecule has 0 amide bonds. The largest absolute Gasteiger partial charge is 0.316 e. The summed E-state index contributed by atoms with van der Waals surface area (Å²) in [6.07, 6.45) is 11.2. The van der Waals surface area contributed by atoms with E-state index in [0.717, 1.165) is 11.1 Å². The summed E-state index contributed by atoms with van der Waals surface area (Å²) in [5.74, 6) is 0. The van der Waals surface area contributed by atoms with Crippen LogP contribution in [0.5, 0.6) is 0 Å². The molecule has 1 aliphatic heterocycles. The van der Waals surface area contributed by atoms with Gasteiger partial charge in [0, 0.05) is 6.92 Å². The Bertz CT molecular complexity index is 209. The number of unbranched alkanes of at least 4 members (excludes halogenated alkanes) is 7. The maximum atomic E-state index is 5.56. The molecule has 1 unspecified atom stereocenters. The first-order valence-electron chi connectivity index (χ1n) is 7.49. The predicted molar refractivity (Wildman–Crippen MR) is 73.9 cm³/mol. The lowest BCUT2D eigenvalue weighted by Gasteiger charge is -2.33. The monoisotopic (exact) mass is 242 g/mol. The molecule has 2 heteroatoms. The summed E-state index contributed by atoms with van der Waals surface area (Å²) < 4.78 is 6.59. The van der Waals surface area contributed by atoms with Crippen LogP contribution in [-0.4, -0.2) is 37.5 Å². The third kappa shape index (κ3) is 4.97. The quantitative estimate of drug-likeness (QED) is 0.321. The van der Waals surface area contributed by atoms with Crippen LogP contribution in [0.15, 0.2) is 0 Å². The minimum Gasteiger partial charge on any atom is -0.316 e. The topological polar surface area (TPSA) is 12.5 Å². The molecule has 0 saturated carbocycles. The van der Waals surface area contributed by atoms with Gasteiger partial charge in [0.1, 0.15) is 6.61 Å². The van der Waals surface area contributed by atoms with Crippen molar-refractivity contribution in [1.29, 1.82) is 0 Å². The highest BCUT2D eigenvalue weighted by Crippen LogP contribution is 2.34. The van der Waals surface area contributed by atoms with Crippen LogP contribution in [0.4, 0.5) is 0 Å². The highest BCUT2D eigenvalue weighted by molar-refractivity contribution is 4.75. The minimum atomic E-state index is 0.126. The highest BCUT2D eigenvalue weighted by atomic mass is 16.6. The van der Waals surface area contributed by atoms with E-state index in [-0.39, 0.29) is 5.72 Å². The van der Waals surface area contributed by atoms with Crippen LogP contribution < -0.4 is 0 Å². The lowest BCUT2D eigenvalue weighted by atomic mass is 10.1. The second kappa shape index (κ2) is 6.75. The van der Waals surface area contributed by atoms with Gasteiger partial charge >= 0.3 is 0 Å². The van der Waals surface area contributed by atoms with Gasteiger partial charge in [0.05, 0.1) is 20.6 Å². The SMILES string of the molecule is CCCCCCCCCC[N+](C)(C)C1(C)CO1. The average molecular weight is 242 g/mol. The molecule has 0 aromatic carbocycles. The molecule has 2 nitrogen and oxygen atoms in total. The molecule has 1 rings (SSSR count). The number of nitrogens with zero attached hydrogens (tertiary/aromatic N) is 1. The van der Waals surface area contributed by atoms with E-state index in [1.54, 1.807) is 0 Å². The summed E-state index contributed by atoms with van der Waals surface area (Å²) in [4.78, 5) is 0. The first kappa shape index (κ1) is 15.0. The van der Waals surface area contributed by atoms with Gasteiger partial charge in [0.25, 0.3) is 0 Å². The van der Waals surface area contributed by atoms with Crippen LogP contribution in [0, 0.1) is 0 Å². The Morgan fingerprint density at radius 1 is 0.941 bits per heavy atom. The predicted octanol–water partition coefficient (Wildman–Crippen LogP) is 3.95. The number of hydrogen-bond acceptors (Lipinski definition) is 1. The Hall–Kier alpha value is -0.0800. The van der Waals surface area contributed by atoms with E-state index in [1.807, 2.05) is 0 Å². The number of likely N-dealkylation sites (N-methyl/N-ethyl adjacent to an activating group) is 1. The molecule has 1 fully saturated rings. The lowest BCUT2D eigenvalue weighted by molar-refractivity contribution is -0.935. The molecule has 1 aliphatic rings. The number of hydrogen-bond donors (Lipinski definition) is 0. The molecule has 0 N–H and O–H groups in total. The summed E-state index contributed by atoms with van der Waals surface area (Å²) in [5.41, 5.74) is 0.126. The molecule has 17 heavy (non-hydrogen) atoms. The van der Waals surface area contributed by atoms with Gasteiger partial charge < -0.3 is 4.74 Å². The van der Waals surface area contributed by atoms with E-state index in [2.05, 4.69) is 27.9 Å². The maximum absolute atomic E-state index is 5.56. The van der Waals surface area contributed by atoms with Gasteiger partial charge in [-0.1, -0.05) is 45.4 Å². The van der Waals surface area contributed by atoms with Crippen LogP contribution in [0.25, 0.3) is 0 Å². The molecule has 0 aromatic heterocycles. The van der Waals surface area contributed by atoms with Crippen LogP contribution >= 0.6 is 0 Å². The third-order valence-electron chi connectivity index (χ3n) is 4.41. The van der Waals surface area contributed by atoms with E-state index in [9.17, 15) is 0 Å². The van der Waals surface area contributed by atoms with Crippen LogP contribution in [0.1, 0.15) is 65.2 Å². The molecular formula is C15H32NO+.